The normalized spacial score (nSPS) is 21.5. The van der Waals surface area contributed by atoms with Gasteiger partial charge >= 0.3 is 6.09 Å². The molecule has 0 radical (unpaired) electrons. The van der Waals surface area contributed by atoms with Gasteiger partial charge in [-0.15, -0.1) is 0 Å². The van der Waals surface area contributed by atoms with Gasteiger partial charge in [0.25, 0.3) is 0 Å². The van der Waals surface area contributed by atoms with Crippen LogP contribution in [0.1, 0.15) is 33.6 Å². The van der Waals surface area contributed by atoms with Crippen LogP contribution in [0.4, 0.5) is 4.79 Å². The van der Waals surface area contributed by atoms with Crippen LogP contribution in [0.2, 0.25) is 0 Å². The van der Waals surface area contributed by atoms with E-state index in [-0.39, 0.29) is 12.1 Å². The van der Waals surface area contributed by atoms with E-state index in [2.05, 4.69) is 9.99 Å². The zero-order chi connectivity index (χ0) is 12.2. The fraction of sp³-hybridized carbons (Fsp3) is 0.818. The predicted molar refractivity (Wildman–Crippen MR) is 61.5 cm³/mol. The summed E-state index contributed by atoms with van der Waals surface area (Å²) < 4.78 is 5.32. The maximum Gasteiger partial charge on any atom is 0.410 e. The minimum atomic E-state index is -0.456. The first-order chi connectivity index (χ1) is 7.44. The van der Waals surface area contributed by atoms with Crippen molar-refractivity contribution in [1.29, 1.82) is 0 Å². The lowest BCUT2D eigenvalue weighted by molar-refractivity contribution is 0.0267. The van der Waals surface area contributed by atoms with Crippen molar-refractivity contribution in [3.05, 3.63) is 0 Å². The van der Waals surface area contributed by atoms with Gasteiger partial charge in [0.1, 0.15) is 12.7 Å². The van der Waals surface area contributed by atoms with Crippen molar-refractivity contribution < 1.29 is 14.4 Å². The summed E-state index contributed by atoms with van der Waals surface area (Å²) in [7, 11) is 1.49. The zero-order valence-electron chi connectivity index (χ0n) is 10.4. The van der Waals surface area contributed by atoms with Crippen LogP contribution in [-0.2, 0) is 9.57 Å². The molecule has 1 unspecified atom stereocenters. The molecule has 0 bridgehead atoms. The number of carbonyl (C=O) groups excluding carboxylic acids is 1. The van der Waals surface area contributed by atoms with Crippen LogP contribution in [0.25, 0.3) is 0 Å². The first-order valence-electron chi connectivity index (χ1n) is 5.50. The van der Waals surface area contributed by atoms with Gasteiger partial charge in [-0.05, 0) is 33.6 Å². The van der Waals surface area contributed by atoms with E-state index in [9.17, 15) is 4.79 Å². The van der Waals surface area contributed by atoms with Crippen molar-refractivity contribution in [2.45, 2.75) is 45.3 Å². The van der Waals surface area contributed by atoms with Crippen LogP contribution in [-0.4, -0.2) is 42.5 Å². The Labute approximate surface area is 96.4 Å². The smallest absolute Gasteiger partial charge is 0.410 e. The molecule has 0 aromatic carbocycles. The second-order valence-electron chi connectivity index (χ2n) is 4.82. The molecule has 1 aliphatic heterocycles. The lowest BCUT2D eigenvalue weighted by atomic mass is 10.2. The van der Waals surface area contributed by atoms with Crippen LogP contribution in [0.5, 0.6) is 0 Å². The number of nitrogens with zero attached hydrogens (tertiary/aromatic N) is 2. The van der Waals surface area contributed by atoms with Gasteiger partial charge in [0.05, 0.1) is 12.3 Å². The summed E-state index contributed by atoms with van der Waals surface area (Å²) in [4.78, 5) is 18.1. The average molecular weight is 228 g/mol. The van der Waals surface area contributed by atoms with Crippen molar-refractivity contribution in [3.8, 4) is 0 Å². The second-order valence-corrected chi connectivity index (χ2v) is 4.82. The summed E-state index contributed by atoms with van der Waals surface area (Å²) >= 11 is 0. The van der Waals surface area contributed by atoms with Crippen LogP contribution in [0.3, 0.4) is 0 Å². The summed E-state index contributed by atoms with van der Waals surface area (Å²) in [5.41, 5.74) is -0.456. The van der Waals surface area contributed by atoms with Gasteiger partial charge < -0.3 is 14.5 Å². The maximum absolute atomic E-state index is 11.8. The largest absolute Gasteiger partial charge is 0.444 e. The minimum absolute atomic E-state index is 0.00481. The summed E-state index contributed by atoms with van der Waals surface area (Å²) in [5.74, 6) is 0. The Kier molecular flexibility index (Phi) is 4.15. The number of hydrogen-bond donors (Lipinski definition) is 0. The number of carbonyl (C=O) groups is 1. The molecular weight excluding hydrogens is 208 g/mol. The Morgan fingerprint density at radius 3 is 2.75 bits per heavy atom. The van der Waals surface area contributed by atoms with E-state index < -0.39 is 5.60 Å². The number of likely N-dealkylation sites (tertiary alicyclic amines) is 1. The molecule has 0 spiro atoms. The molecule has 1 heterocycles. The van der Waals surface area contributed by atoms with Crippen LogP contribution >= 0.6 is 0 Å². The van der Waals surface area contributed by atoms with Gasteiger partial charge in [-0.1, -0.05) is 5.16 Å². The molecule has 16 heavy (non-hydrogen) atoms. The molecule has 0 aliphatic carbocycles. The molecule has 0 N–H and O–H groups in total. The van der Waals surface area contributed by atoms with Crippen molar-refractivity contribution in [2.75, 3.05) is 13.7 Å². The SMILES string of the molecule is CON=CC1CCCN1C(=O)OC(C)(C)C. The summed E-state index contributed by atoms with van der Waals surface area (Å²) in [6.07, 6.45) is 3.25. The molecule has 0 aromatic heterocycles. The fourth-order valence-corrected chi connectivity index (χ4v) is 1.63. The Hall–Kier alpha value is -1.26. The standard InChI is InChI=1S/C11H20N2O3/c1-11(2,3)16-10(14)13-7-5-6-9(13)8-12-15-4/h8-9H,5-7H2,1-4H3. The second kappa shape index (κ2) is 5.18. The third kappa shape index (κ3) is 3.72. The monoisotopic (exact) mass is 228 g/mol. The maximum atomic E-state index is 11.8. The number of rotatable bonds is 2. The molecule has 0 aromatic rings. The Bertz CT molecular complexity index is 271. The summed E-state index contributed by atoms with van der Waals surface area (Å²) in [6, 6.07) is -0.00481. The third-order valence-electron chi connectivity index (χ3n) is 2.27. The Balaban J connectivity index is 2.57. The number of ether oxygens (including phenoxy) is 1. The van der Waals surface area contributed by atoms with E-state index >= 15 is 0 Å². The van der Waals surface area contributed by atoms with E-state index in [1.807, 2.05) is 20.8 Å². The van der Waals surface area contributed by atoms with Gasteiger partial charge in [0, 0.05) is 6.54 Å². The molecule has 1 fully saturated rings. The third-order valence-corrected chi connectivity index (χ3v) is 2.27. The highest BCUT2D eigenvalue weighted by atomic mass is 16.6. The first kappa shape index (κ1) is 12.8. The molecular formula is C11H20N2O3. The quantitative estimate of drug-likeness (QED) is 0.536. The van der Waals surface area contributed by atoms with Crippen LogP contribution in [0, 0.1) is 0 Å². The van der Waals surface area contributed by atoms with Crippen molar-refractivity contribution in [3.63, 3.8) is 0 Å². The minimum Gasteiger partial charge on any atom is -0.444 e. The van der Waals surface area contributed by atoms with Crippen LogP contribution < -0.4 is 0 Å². The van der Waals surface area contributed by atoms with E-state index in [0.29, 0.717) is 0 Å². The van der Waals surface area contributed by atoms with Gasteiger partial charge in [0.15, 0.2) is 0 Å². The molecule has 5 heteroatoms. The highest BCUT2D eigenvalue weighted by molar-refractivity contribution is 5.76. The topological polar surface area (TPSA) is 51.1 Å². The van der Waals surface area contributed by atoms with Gasteiger partial charge in [-0.25, -0.2) is 4.79 Å². The number of oxime groups is 1. The van der Waals surface area contributed by atoms with Crippen molar-refractivity contribution in [2.24, 2.45) is 5.16 Å². The average Bonchev–Trinajstić information content (AvgIpc) is 2.59. The summed E-state index contributed by atoms with van der Waals surface area (Å²) in [6.45, 7) is 6.30. The Morgan fingerprint density at radius 2 is 2.19 bits per heavy atom. The lowest BCUT2D eigenvalue weighted by Crippen LogP contribution is -2.40. The van der Waals surface area contributed by atoms with Gasteiger partial charge in [0.2, 0.25) is 0 Å². The van der Waals surface area contributed by atoms with Crippen LogP contribution in [0.15, 0.2) is 5.16 Å². The molecule has 5 nitrogen and oxygen atoms in total. The number of hydrogen-bond acceptors (Lipinski definition) is 4. The van der Waals surface area contributed by atoms with E-state index in [4.69, 9.17) is 4.74 Å². The highest BCUT2D eigenvalue weighted by Crippen LogP contribution is 2.19. The lowest BCUT2D eigenvalue weighted by Gasteiger charge is -2.26. The molecule has 1 rings (SSSR count). The zero-order valence-corrected chi connectivity index (χ0v) is 10.4. The van der Waals surface area contributed by atoms with Crippen molar-refractivity contribution in [1.82, 2.24) is 4.90 Å². The highest BCUT2D eigenvalue weighted by Gasteiger charge is 2.31. The molecule has 1 saturated heterocycles. The van der Waals surface area contributed by atoms with E-state index in [1.54, 1.807) is 11.1 Å². The molecule has 1 amide bonds. The summed E-state index contributed by atoms with van der Waals surface area (Å²) in [5, 5.41) is 3.71. The molecule has 1 aliphatic rings. The fourth-order valence-electron chi connectivity index (χ4n) is 1.63. The molecule has 0 saturated carbocycles. The molecule has 1 atom stereocenters. The van der Waals surface area contributed by atoms with Gasteiger partial charge in [-0.3, -0.25) is 0 Å². The predicted octanol–water partition coefficient (Wildman–Crippen LogP) is 2.02. The van der Waals surface area contributed by atoms with Gasteiger partial charge in [-0.2, -0.15) is 0 Å². The Morgan fingerprint density at radius 1 is 1.50 bits per heavy atom. The van der Waals surface area contributed by atoms with E-state index in [1.165, 1.54) is 7.11 Å². The number of amides is 1. The van der Waals surface area contributed by atoms with Crippen molar-refractivity contribution >= 4 is 12.3 Å². The van der Waals surface area contributed by atoms with E-state index in [0.717, 1.165) is 19.4 Å². The molecule has 92 valence electrons. The first-order valence-corrected chi connectivity index (χ1v) is 5.50.